The van der Waals surface area contributed by atoms with Gasteiger partial charge < -0.3 is 9.84 Å². The van der Waals surface area contributed by atoms with Gasteiger partial charge in [-0.15, -0.1) is 11.3 Å². The highest BCUT2D eigenvalue weighted by Crippen LogP contribution is 2.35. The van der Waals surface area contributed by atoms with Crippen LogP contribution in [-0.2, 0) is 0 Å². The number of methoxy groups -OCH3 is 1. The lowest BCUT2D eigenvalue weighted by Crippen LogP contribution is -2.42. The van der Waals surface area contributed by atoms with Crippen molar-refractivity contribution < 1.29 is 14.2 Å². The van der Waals surface area contributed by atoms with E-state index in [9.17, 15) is 5.11 Å². The number of piperidine rings is 1. The maximum absolute atomic E-state index is 15.3. The minimum atomic E-state index is -1.07. The number of alkyl halides is 1. The summed E-state index contributed by atoms with van der Waals surface area (Å²) in [5.41, 5.74) is 1.44. The molecule has 32 heavy (non-hydrogen) atoms. The van der Waals surface area contributed by atoms with Crippen LogP contribution in [0, 0.1) is 23.7 Å². The molecule has 3 heterocycles. The summed E-state index contributed by atoms with van der Waals surface area (Å²) in [4.78, 5) is 7.73. The molecule has 1 aliphatic rings. The van der Waals surface area contributed by atoms with Crippen LogP contribution in [0.1, 0.15) is 35.9 Å². The van der Waals surface area contributed by atoms with Crippen molar-refractivity contribution >= 4 is 22.2 Å². The first-order valence-electron chi connectivity index (χ1n) is 11.1. The lowest BCUT2D eigenvalue weighted by Gasteiger charge is -2.37. The number of halogens is 1. The Bertz CT molecular complexity index is 1080. The predicted octanol–water partition coefficient (Wildman–Crippen LogP) is 5.08. The first-order valence-corrected chi connectivity index (χ1v) is 12.0. The zero-order valence-electron chi connectivity index (χ0n) is 18.3. The quantitative estimate of drug-likeness (QED) is 0.508. The van der Waals surface area contributed by atoms with Gasteiger partial charge in [0.15, 0.2) is 0 Å². The molecule has 4 nitrogen and oxygen atoms in total. The number of aliphatic hydroxyl groups is 1. The Morgan fingerprint density at radius 1 is 1.31 bits per heavy atom. The number of aromatic nitrogens is 1. The van der Waals surface area contributed by atoms with Gasteiger partial charge in [0.05, 0.1) is 24.0 Å². The summed E-state index contributed by atoms with van der Waals surface area (Å²) in [5.74, 6) is 7.63. The monoisotopic (exact) mass is 452 g/mol. The molecule has 0 bridgehead atoms. The fraction of sp³-hybridized carbons (Fsp3) is 0.423. The number of pyridine rings is 1. The summed E-state index contributed by atoms with van der Waals surface area (Å²) in [6.45, 7) is 2.59. The fourth-order valence-electron chi connectivity index (χ4n) is 4.54. The minimum Gasteiger partial charge on any atom is -0.497 e. The number of hydrogen-bond donors (Lipinski definition) is 1. The highest BCUT2D eigenvalue weighted by atomic mass is 32.1. The van der Waals surface area contributed by atoms with Crippen molar-refractivity contribution in [1.29, 1.82) is 0 Å². The first kappa shape index (κ1) is 22.7. The van der Waals surface area contributed by atoms with Crippen molar-refractivity contribution in [2.45, 2.75) is 25.4 Å². The van der Waals surface area contributed by atoms with Gasteiger partial charge in [-0.05, 0) is 78.9 Å². The third-order valence-corrected chi connectivity index (χ3v) is 7.14. The van der Waals surface area contributed by atoms with Crippen molar-refractivity contribution in [1.82, 2.24) is 9.88 Å². The van der Waals surface area contributed by atoms with E-state index in [4.69, 9.17) is 4.74 Å². The predicted molar refractivity (Wildman–Crippen MR) is 128 cm³/mol. The zero-order valence-corrected chi connectivity index (χ0v) is 19.2. The van der Waals surface area contributed by atoms with Crippen molar-refractivity contribution in [3.63, 3.8) is 0 Å². The van der Waals surface area contributed by atoms with Crippen LogP contribution in [0.3, 0.4) is 0 Å². The van der Waals surface area contributed by atoms with Crippen molar-refractivity contribution in [3.05, 3.63) is 58.4 Å². The molecule has 1 aliphatic heterocycles. The molecule has 0 saturated carbocycles. The molecule has 1 saturated heterocycles. The van der Waals surface area contributed by atoms with E-state index in [1.807, 2.05) is 35.7 Å². The highest BCUT2D eigenvalue weighted by Gasteiger charge is 2.29. The van der Waals surface area contributed by atoms with Gasteiger partial charge in [-0.25, -0.2) is 4.39 Å². The summed E-state index contributed by atoms with van der Waals surface area (Å²) in [6, 6.07) is 11.4. The van der Waals surface area contributed by atoms with Crippen LogP contribution in [0.5, 0.6) is 5.75 Å². The van der Waals surface area contributed by atoms with Gasteiger partial charge in [-0.2, -0.15) is 0 Å². The van der Waals surface area contributed by atoms with Crippen LogP contribution in [0.25, 0.3) is 10.9 Å². The molecular weight excluding hydrogens is 423 g/mol. The average Bonchev–Trinajstić information content (AvgIpc) is 3.35. The van der Waals surface area contributed by atoms with Gasteiger partial charge in [0, 0.05) is 24.7 Å². The van der Waals surface area contributed by atoms with E-state index in [1.165, 1.54) is 0 Å². The molecule has 0 spiro atoms. The minimum absolute atomic E-state index is 0.131. The molecule has 1 aromatic carbocycles. The molecule has 1 unspecified atom stereocenters. The maximum atomic E-state index is 15.3. The van der Waals surface area contributed by atoms with Gasteiger partial charge in [0.25, 0.3) is 0 Å². The summed E-state index contributed by atoms with van der Waals surface area (Å²) in [5, 5.41) is 12.8. The van der Waals surface area contributed by atoms with E-state index in [2.05, 4.69) is 21.7 Å². The van der Waals surface area contributed by atoms with E-state index in [0.717, 1.165) is 41.7 Å². The number of rotatable bonds is 7. The molecule has 0 amide bonds. The molecule has 0 radical (unpaired) electrons. The van der Waals surface area contributed by atoms with Gasteiger partial charge in [-0.3, -0.25) is 9.88 Å². The third kappa shape index (κ3) is 5.47. The number of aliphatic hydroxyl groups excluding tert-OH is 1. The molecule has 1 N–H and O–H groups in total. The Hall–Kier alpha value is -2.46. The van der Waals surface area contributed by atoms with E-state index in [-0.39, 0.29) is 12.5 Å². The third-order valence-electron chi connectivity index (χ3n) is 6.36. The Morgan fingerprint density at radius 3 is 3.00 bits per heavy atom. The SMILES string of the molecule is COc1ccc2nccc(C(F)CC[C@@H]3CCN(CC#Cc4cccs4)C[C@@H]3CO)c2c1. The van der Waals surface area contributed by atoms with Crippen molar-refractivity contribution in [2.75, 3.05) is 33.4 Å². The molecule has 2 aromatic heterocycles. The van der Waals surface area contributed by atoms with Crippen molar-refractivity contribution in [2.24, 2.45) is 11.8 Å². The molecule has 3 aromatic rings. The number of nitrogens with zero attached hydrogens (tertiary/aromatic N) is 2. The molecular formula is C26H29FN2O2S. The number of hydrogen-bond acceptors (Lipinski definition) is 5. The van der Waals surface area contributed by atoms with Crippen LogP contribution in [0.15, 0.2) is 48.0 Å². The lowest BCUT2D eigenvalue weighted by molar-refractivity contribution is 0.0708. The topological polar surface area (TPSA) is 45.6 Å². The first-order chi connectivity index (χ1) is 15.7. The fourth-order valence-corrected chi connectivity index (χ4v) is 5.13. The van der Waals surface area contributed by atoms with Crippen LogP contribution in [0.2, 0.25) is 0 Å². The normalized spacial score (nSPS) is 20.0. The Morgan fingerprint density at radius 2 is 2.22 bits per heavy atom. The second kappa shape index (κ2) is 10.9. The smallest absolute Gasteiger partial charge is 0.126 e. The number of ether oxygens (including phenoxy) is 1. The number of fused-ring (bicyclic) bond motifs is 1. The van der Waals surface area contributed by atoms with Crippen LogP contribution in [-0.4, -0.2) is 48.3 Å². The molecule has 0 aliphatic carbocycles. The average molecular weight is 453 g/mol. The van der Waals surface area contributed by atoms with Gasteiger partial charge in [-0.1, -0.05) is 17.9 Å². The molecule has 6 heteroatoms. The van der Waals surface area contributed by atoms with Gasteiger partial charge in [0.1, 0.15) is 11.9 Å². The second-order valence-corrected chi connectivity index (χ2v) is 9.28. The van der Waals surface area contributed by atoms with Crippen LogP contribution < -0.4 is 4.74 Å². The van der Waals surface area contributed by atoms with E-state index >= 15 is 4.39 Å². The summed E-state index contributed by atoms with van der Waals surface area (Å²) >= 11 is 1.65. The maximum Gasteiger partial charge on any atom is 0.126 e. The van der Waals surface area contributed by atoms with Gasteiger partial charge in [0.2, 0.25) is 0 Å². The van der Waals surface area contributed by atoms with Crippen LogP contribution in [0.4, 0.5) is 4.39 Å². The summed E-state index contributed by atoms with van der Waals surface area (Å²) in [6.07, 6.45) is 2.76. The molecule has 168 valence electrons. The van der Waals surface area contributed by atoms with E-state index in [0.29, 0.717) is 30.2 Å². The number of benzene rings is 1. The Labute approximate surface area is 193 Å². The van der Waals surface area contributed by atoms with Crippen LogP contribution >= 0.6 is 11.3 Å². The van der Waals surface area contributed by atoms with Crippen molar-refractivity contribution in [3.8, 4) is 17.6 Å². The summed E-state index contributed by atoms with van der Waals surface area (Å²) < 4.78 is 20.6. The Kier molecular flexibility index (Phi) is 7.75. The largest absolute Gasteiger partial charge is 0.497 e. The van der Waals surface area contributed by atoms with E-state index < -0.39 is 6.17 Å². The standard InChI is InChI=1S/C26H29FN2O2S/c1-31-21-7-9-26-24(16-21)23(10-12-28-26)25(27)8-6-19-11-14-29(17-20(19)18-30)13-2-4-22-5-3-15-32-22/h3,5,7,9-10,12,15-16,19-20,25,30H,6,8,11,13-14,17-18H2,1H3/t19-,20-,25?/m1/s1. The Balaban J connectivity index is 1.35. The number of likely N-dealkylation sites (tertiary alicyclic amines) is 1. The van der Waals surface area contributed by atoms with Gasteiger partial charge >= 0.3 is 0 Å². The lowest BCUT2D eigenvalue weighted by atomic mass is 9.81. The van der Waals surface area contributed by atoms with E-state index in [1.54, 1.807) is 30.7 Å². The number of thiophene rings is 1. The second-order valence-electron chi connectivity index (χ2n) is 8.33. The molecule has 1 fully saturated rings. The molecule has 4 rings (SSSR count). The highest BCUT2D eigenvalue weighted by molar-refractivity contribution is 7.10. The molecule has 3 atom stereocenters. The zero-order chi connectivity index (χ0) is 22.3. The summed E-state index contributed by atoms with van der Waals surface area (Å²) in [7, 11) is 1.61.